The molecular formula is C26H24N4O2S. The number of rotatable bonds is 5. The Labute approximate surface area is 193 Å². The predicted octanol–water partition coefficient (Wildman–Crippen LogP) is 4.17. The Balaban J connectivity index is 1.30. The van der Waals surface area contributed by atoms with Crippen molar-refractivity contribution in [1.29, 1.82) is 0 Å². The van der Waals surface area contributed by atoms with Crippen LogP contribution < -0.4 is 0 Å². The van der Waals surface area contributed by atoms with Gasteiger partial charge in [0.1, 0.15) is 0 Å². The Hall–Kier alpha value is -3.42. The fraction of sp³-hybridized carbons (Fsp3) is 0.192. The molecule has 5 rings (SSSR count). The Morgan fingerprint density at radius 3 is 2.42 bits per heavy atom. The highest BCUT2D eigenvalue weighted by molar-refractivity contribution is 7.90. The number of nitrogens with zero attached hydrogens (tertiary/aromatic N) is 4. The highest BCUT2D eigenvalue weighted by Gasteiger charge is 2.19. The van der Waals surface area contributed by atoms with Crippen LogP contribution in [-0.2, 0) is 29.3 Å². The van der Waals surface area contributed by atoms with Gasteiger partial charge in [0.05, 0.1) is 22.0 Å². The van der Waals surface area contributed by atoms with Gasteiger partial charge in [0.2, 0.25) is 0 Å². The van der Waals surface area contributed by atoms with Crippen molar-refractivity contribution in [3.8, 4) is 22.6 Å². The van der Waals surface area contributed by atoms with Crippen LogP contribution in [0.3, 0.4) is 0 Å². The van der Waals surface area contributed by atoms with Crippen LogP contribution in [0.4, 0.5) is 0 Å². The van der Waals surface area contributed by atoms with E-state index in [4.69, 9.17) is 9.97 Å². The lowest BCUT2D eigenvalue weighted by Crippen LogP contribution is -2.31. The zero-order valence-corrected chi connectivity index (χ0v) is 19.2. The quantitative estimate of drug-likeness (QED) is 0.449. The molecule has 166 valence electrons. The third-order valence-electron chi connectivity index (χ3n) is 5.82. The van der Waals surface area contributed by atoms with Gasteiger partial charge in [0, 0.05) is 55.2 Å². The molecule has 0 N–H and O–H groups in total. The molecule has 1 aliphatic heterocycles. The molecular weight excluding hydrogens is 432 g/mol. The molecule has 7 heteroatoms. The Kier molecular flexibility index (Phi) is 5.74. The van der Waals surface area contributed by atoms with Crippen molar-refractivity contribution < 1.29 is 8.42 Å². The summed E-state index contributed by atoms with van der Waals surface area (Å²) < 4.78 is 23.4. The monoisotopic (exact) mass is 456 g/mol. The van der Waals surface area contributed by atoms with Gasteiger partial charge in [-0.2, -0.15) is 0 Å². The Morgan fingerprint density at radius 1 is 0.879 bits per heavy atom. The van der Waals surface area contributed by atoms with E-state index in [0.717, 1.165) is 65.7 Å². The predicted molar refractivity (Wildman–Crippen MR) is 128 cm³/mol. The van der Waals surface area contributed by atoms with Gasteiger partial charge in [0.25, 0.3) is 0 Å². The number of aromatic nitrogens is 3. The number of hydrogen-bond donors (Lipinski definition) is 0. The maximum atomic E-state index is 11.7. The van der Waals surface area contributed by atoms with Crippen LogP contribution in [0.2, 0.25) is 0 Å². The van der Waals surface area contributed by atoms with Crippen LogP contribution in [0.5, 0.6) is 0 Å². The van der Waals surface area contributed by atoms with Crippen molar-refractivity contribution in [2.75, 3.05) is 12.8 Å². The van der Waals surface area contributed by atoms with Gasteiger partial charge in [0.15, 0.2) is 15.7 Å². The zero-order chi connectivity index (χ0) is 22.8. The maximum Gasteiger partial charge on any atom is 0.175 e. The lowest BCUT2D eigenvalue weighted by molar-refractivity contribution is 0.240. The number of benzene rings is 2. The second-order valence-electron chi connectivity index (χ2n) is 8.30. The Morgan fingerprint density at radius 2 is 1.67 bits per heavy atom. The molecule has 0 atom stereocenters. The molecule has 0 fully saturated rings. The van der Waals surface area contributed by atoms with Crippen LogP contribution in [0.15, 0.2) is 83.9 Å². The first-order chi connectivity index (χ1) is 16.0. The largest absolute Gasteiger partial charge is 0.293 e. The fourth-order valence-electron chi connectivity index (χ4n) is 4.07. The van der Waals surface area contributed by atoms with Crippen molar-refractivity contribution in [3.63, 3.8) is 0 Å². The molecule has 6 nitrogen and oxygen atoms in total. The molecule has 0 radical (unpaired) electrons. The van der Waals surface area contributed by atoms with Crippen LogP contribution >= 0.6 is 0 Å². The minimum absolute atomic E-state index is 0.312. The summed E-state index contributed by atoms with van der Waals surface area (Å²) in [5, 5.41) is 0. The van der Waals surface area contributed by atoms with Gasteiger partial charge in [-0.15, -0.1) is 0 Å². The molecule has 1 aliphatic rings. The van der Waals surface area contributed by atoms with Gasteiger partial charge < -0.3 is 0 Å². The molecule has 0 saturated carbocycles. The van der Waals surface area contributed by atoms with Crippen molar-refractivity contribution in [3.05, 3.63) is 95.9 Å². The van der Waals surface area contributed by atoms with Gasteiger partial charge in [-0.1, -0.05) is 48.5 Å². The van der Waals surface area contributed by atoms with Crippen LogP contribution in [0.1, 0.15) is 17.0 Å². The molecule has 2 aromatic heterocycles. The Bertz CT molecular complexity index is 1390. The van der Waals surface area contributed by atoms with E-state index in [0.29, 0.717) is 4.90 Å². The van der Waals surface area contributed by atoms with E-state index >= 15 is 0 Å². The van der Waals surface area contributed by atoms with Gasteiger partial charge in [-0.3, -0.25) is 9.88 Å². The van der Waals surface area contributed by atoms with Crippen LogP contribution in [-0.4, -0.2) is 41.1 Å². The van der Waals surface area contributed by atoms with Crippen molar-refractivity contribution in [2.24, 2.45) is 0 Å². The van der Waals surface area contributed by atoms with E-state index in [1.54, 1.807) is 24.3 Å². The van der Waals surface area contributed by atoms with Gasteiger partial charge in [-0.05, 0) is 24.3 Å². The normalized spacial score (nSPS) is 14.1. The topological polar surface area (TPSA) is 76.1 Å². The second-order valence-corrected chi connectivity index (χ2v) is 10.3. The lowest BCUT2D eigenvalue weighted by atomic mass is 10.1. The molecule has 3 heterocycles. The molecule has 4 aromatic rings. The summed E-state index contributed by atoms with van der Waals surface area (Å²) in [6.07, 6.45) is 4.04. The van der Waals surface area contributed by atoms with Crippen LogP contribution in [0, 0.1) is 0 Å². The number of pyridine rings is 1. The highest BCUT2D eigenvalue weighted by Crippen LogP contribution is 2.23. The minimum Gasteiger partial charge on any atom is -0.293 e. The summed E-state index contributed by atoms with van der Waals surface area (Å²) in [5.74, 6) is 0.777. The van der Waals surface area contributed by atoms with Gasteiger partial charge >= 0.3 is 0 Å². The SMILES string of the molecule is CS(=O)(=O)c1ccc(-c2cccc(CN3CCc4nc(-c5ccccc5)ncc4C3)n2)cc1. The number of hydrogen-bond acceptors (Lipinski definition) is 6. The first-order valence-corrected chi connectivity index (χ1v) is 12.7. The molecule has 0 bridgehead atoms. The lowest BCUT2D eigenvalue weighted by Gasteiger charge is -2.27. The third kappa shape index (κ3) is 4.84. The van der Waals surface area contributed by atoms with Crippen molar-refractivity contribution in [2.45, 2.75) is 24.4 Å². The summed E-state index contributed by atoms with van der Waals surface area (Å²) in [4.78, 5) is 16.9. The fourth-order valence-corrected chi connectivity index (χ4v) is 4.70. The van der Waals surface area contributed by atoms with E-state index in [1.165, 1.54) is 6.26 Å². The first-order valence-electron chi connectivity index (χ1n) is 10.8. The summed E-state index contributed by atoms with van der Waals surface area (Å²) >= 11 is 0. The van der Waals surface area contributed by atoms with E-state index in [2.05, 4.69) is 9.88 Å². The number of fused-ring (bicyclic) bond motifs is 1. The minimum atomic E-state index is -3.21. The standard InChI is InChI=1S/C26H24N4O2S/c1-33(31,32)23-12-10-19(11-13-23)24-9-5-8-22(28-24)18-30-15-14-25-21(17-30)16-27-26(29-25)20-6-3-2-4-7-20/h2-13,16H,14-15,17-18H2,1H3. The summed E-state index contributed by atoms with van der Waals surface area (Å²) in [6.45, 7) is 2.43. The number of sulfone groups is 1. The zero-order valence-electron chi connectivity index (χ0n) is 18.3. The molecule has 0 unspecified atom stereocenters. The molecule has 0 amide bonds. The molecule has 0 saturated heterocycles. The van der Waals surface area contributed by atoms with Crippen LogP contribution in [0.25, 0.3) is 22.6 Å². The maximum absolute atomic E-state index is 11.7. The van der Waals surface area contributed by atoms with Crippen molar-refractivity contribution >= 4 is 9.84 Å². The third-order valence-corrected chi connectivity index (χ3v) is 6.94. The van der Waals surface area contributed by atoms with E-state index in [9.17, 15) is 8.42 Å². The second kappa shape index (κ2) is 8.84. The van der Waals surface area contributed by atoms with E-state index < -0.39 is 9.84 Å². The molecule has 2 aromatic carbocycles. The van der Waals surface area contributed by atoms with Crippen molar-refractivity contribution in [1.82, 2.24) is 19.9 Å². The smallest absolute Gasteiger partial charge is 0.175 e. The molecule has 0 aliphatic carbocycles. The summed E-state index contributed by atoms with van der Waals surface area (Å²) in [6, 6.07) is 22.9. The van der Waals surface area contributed by atoms with E-state index in [1.807, 2.05) is 54.7 Å². The molecule has 33 heavy (non-hydrogen) atoms. The average Bonchev–Trinajstić information content (AvgIpc) is 2.84. The van der Waals surface area contributed by atoms with E-state index in [-0.39, 0.29) is 0 Å². The average molecular weight is 457 g/mol. The summed E-state index contributed by atoms with van der Waals surface area (Å²) in [7, 11) is -3.21. The molecule has 0 spiro atoms. The van der Waals surface area contributed by atoms with Gasteiger partial charge in [-0.25, -0.2) is 18.4 Å². The first kappa shape index (κ1) is 21.4. The highest BCUT2D eigenvalue weighted by atomic mass is 32.2. The summed E-state index contributed by atoms with van der Waals surface area (Å²) in [5.41, 5.74) is 6.02.